The Labute approximate surface area is 267 Å². The summed E-state index contributed by atoms with van der Waals surface area (Å²) in [4.78, 5) is 5.10. The van der Waals surface area contributed by atoms with E-state index in [2.05, 4.69) is 175 Å². The Kier molecular flexibility index (Phi) is 6.07. The third-order valence-corrected chi connectivity index (χ3v) is 9.23. The molecule has 2 heteroatoms. The van der Waals surface area contributed by atoms with E-state index in [4.69, 9.17) is 4.98 Å². The summed E-state index contributed by atoms with van der Waals surface area (Å²) in [7, 11) is 0. The van der Waals surface area contributed by atoms with Crippen LogP contribution in [0.5, 0.6) is 0 Å². The number of nitrogens with zero attached hydrogens (tertiary/aromatic N) is 2. The van der Waals surface area contributed by atoms with Crippen LogP contribution in [-0.2, 0) is 0 Å². The van der Waals surface area contributed by atoms with Crippen LogP contribution in [0.2, 0.25) is 0 Å². The van der Waals surface area contributed by atoms with Crippen molar-refractivity contribution in [2.24, 2.45) is 0 Å². The van der Waals surface area contributed by atoms with Crippen LogP contribution >= 0.6 is 0 Å². The molecule has 216 valence electrons. The number of imidazole rings is 1. The lowest BCUT2D eigenvalue weighted by atomic mass is 9.85. The van der Waals surface area contributed by atoms with Crippen LogP contribution in [-0.4, -0.2) is 9.55 Å². The van der Waals surface area contributed by atoms with Crippen molar-refractivity contribution in [2.45, 2.75) is 6.92 Å². The molecule has 1 heterocycles. The van der Waals surface area contributed by atoms with Gasteiger partial charge in [0.1, 0.15) is 5.82 Å². The first-order valence-corrected chi connectivity index (χ1v) is 15.8. The fraction of sp³-hybridized carbons (Fsp3) is 0.0227. The van der Waals surface area contributed by atoms with E-state index in [1.165, 1.54) is 60.1 Å². The van der Waals surface area contributed by atoms with Gasteiger partial charge in [-0.2, -0.15) is 0 Å². The predicted octanol–water partition coefficient (Wildman–Crippen LogP) is 11.8. The van der Waals surface area contributed by atoms with E-state index in [1.807, 2.05) is 0 Å². The van der Waals surface area contributed by atoms with Crippen LogP contribution in [0, 0.1) is 6.92 Å². The molecule has 0 spiro atoms. The molecule has 0 aliphatic carbocycles. The normalized spacial score (nSPS) is 11.6. The SMILES string of the molecule is Cc1ccc(-c2c3ccccc3c(-c3ccc4cc(-c5nc6ccccc6n5-c5ccccc5)ccc4c3)c3ccccc23)cc1. The van der Waals surface area contributed by atoms with E-state index in [0.717, 1.165) is 28.1 Å². The van der Waals surface area contributed by atoms with E-state index in [1.54, 1.807) is 0 Å². The molecule has 1 aromatic heterocycles. The summed E-state index contributed by atoms with van der Waals surface area (Å²) in [6.45, 7) is 2.14. The zero-order valence-corrected chi connectivity index (χ0v) is 25.5. The molecule has 0 atom stereocenters. The van der Waals surface area contributed by atoms with Crippen molar-refractivity contribution in [2.75, 3.05) is 0 Å². The smallest absolute Gasteiger partial charge is 0.145 e. The minimum Gasteiger partial charge on any atom is -0.292 e. The zero-order valence-electron chi connectivity index (χ0n) is 25.5. The van der Waals surface area contributed by atoms with Crippen molar-refractivity contribution in [1.82, 2.24) is 9.55 Å². The minimum absolute atomic E-state index is 0.946. The molecule has 0 amide bonds. The summed E-state index contributed by atoms with van der Waals surface area (Å²) in [5, 5.41) is 7.48. The maximum Gasteiger partial charge on any atom is 0.145 e. The van der Waals surface area contributed by atoms with E-state index in [-0.39, 0.29) is 0 Å². The topological polar surface area (TPSA) is 17.8 Å². The van der Waals surface area contributed by atoms with Gasteiger partial charge < -0.3 is 0 Å². The fourth-order valence-electron chi connectivity index (χ4n) is 7.07. The van der Waals surface area contributed by atoms with Crippen molar-refractivity contribution in [3.63, 3.8) is 0 Å². The highest BCUT2D eigenvalue weighted by molar-refractivity contribution is 6.21. The molecule has 0 aliphatic rings. The summed E-state index contributed by atoms with van der Waals surface area (Å²) in [5.41, 5.74) is 10.6. The molecule has 2 nitrogen and oxygen atoms in total. The number of hydrogen-bond donors (Lipinski definition) is 0. The van der Waals surface area contributed by atoms with E-state index < -0.39 is 0 Å². The molecule has 9 rings (SSSR count). The van der Waals surface area contributed by atoms with E-state index in [0.29, 0.717) is 0 Å². The van der Waals surface area contributed by atoms with Gasteiger partial charge in [0, 0.05) is 11.3 Å². The van der Waals surface area contributed by atoms with Gasteiger partial charge in [-0.1, -0.05) is 133 Å². The fourth-order valence-corrected chi connectivity index (χ4v) is 7.07. The molecular formula is C44H30N2. The Hall–Kier alpha value is -5.99. The molecule has 9 aromatic rings. The molecule has 0 unspecified atom stereocenters. The maximum atomic E-state index is 5.10. The van der Waals surface area contributed by atoms with Gasteiger partial charge in [0.25, 0.3) is 0 Å². The van der Waals surface area contributed by atoms with Crippen LogP contribution in [0.1, 0.15) is 5.56 Å². The van der Waals surface area contributed by atoms with Gasteiger partial charge in [-0.15, -0.1) is 0 Å². The average molecular weight is 587 g/mol. The third-order valence-electron chi connectivity index (χ3n) is 9.23. The summed E-state index contributed by atoms with van der Waals surface area (Å²) in [5.74, 6) is 0.946. The summed E-state index contributed by atoms with van der Waals surface area (Å²) >= 11 is 0. The van der Waals surface area contributed by atoms with Gasteiger partial charge in [0.2, 0.25) is 0 Å². The maximum absolute atomic E-state index is 5.10. The molecule has 0 radical (unpaired) electrons. The van der Waals surface area contributed by atoms with Crippen molar-refractivity contribution >= 4 is 43.4 Å². The Morgan fingerprint density at radius 2 is 0.935 bits per heavy atom. The summed E-state index contributed by atoms with van der Waals surface area (Å²) in [6, 6.07) is 59.1. The van der Waals surface area contributed by atoms with E-state index in [9.17, 15) is 0 Å². The zero-order chi connectivity index (χ0) is 30.6. The Morgan fingerprint density at radius 1 is 0.435 bits per heavy atom. The predicted molar refractivity (Wildman–Crippen MR) is 195 cm³/mol. The van der Waals surface area contributed by atoms with Gasteiger partial charge in [0.15, 0.2) is 0 Å². The van der Waals surface area contributed by atoms with Crippen molar-refractivity contribution in [3.8, 4) is 39.3 Å². The number of para-hydroxylation sites is 3. The monoisotopic (exact) mass is 586 g/mol. The summed E-state index contributed by atoms with van der Waals surface area (Å²) in [6.07, 6.45) is 0. The molecule has 0 saturated heterocycles. The quantitative estimate of drug-likeness (QED) is 0.188. The van der Waals surface area contributed by atoms with Crippen LogP contribution < -0.4 is 0 Å². The number of aryl methyl sites for hydroxylation is 1. The van der Waals surface area contributed by atoms with Crippen LogP contribution in [0.4, 0.5) is 0 Å². The van der Waals surface area contributed by atoms with Crippen molar-refractivity contribution in [1.29, 1.82) is 0 Å². The average Bonchev–Trinajstić information content (AvgIpc) is 3.51. The second-order valence-corrected chi connectivity index (χ2v) is 12.1. The molecule has 0 aliphatic heterocycles. The van der Waals surface area contributed by atoms with Crippen molar-refractivity contribution < 1.29 is 0 Å². The standard InChI is InChI=1S/C44H30N2/c1-29-19-21-30(22-20-29)42-36-13-5-7-15-38(36)43(39-16-8-6-14-37(39)42)33-25-23-32-28-34(26-24-31(32)27-33)44-45-40-17-9-10-18-41(40)46(44)35-11-3-2-4-12-35/h2-28H,1H3. The van der Waals surface area contributed by atoms with Crippen LogP contribution in [0.3, 0.4) is 0 Å². The molecule has 0 bridgehead atoms. The first kappa shape index (κ1) is 26.4. The molecular weight excluding hydrogens is 556 g/mol. The molecule has 8 aromatic carbocycles. The van der Waals surface area contributed by atoms with Gasteiger partial charge >= 0.3 is 0 Å². The lowest BCUT2D eigenvalue weighted by molar-refractivity contribution is 1.10. The lowest BCUT2D eigenvalue weighted by Crippen LogP contribution is -1.97. The Balaban J connectivity index is 1.23. The first-order chi connectivity index (χ1) is 22.7. The highest BCUT2D eigenvalue weighted by Gasteiger charge is 2.18. The lowest BCUT2D eigenvalue weighted by Gasteiger charge is -2.18. The summed E-state index contributed by atoms with van der Waals surface area (Å²) < 4.78 is 2.26. The number of rotatable bonds is 4. The number of hydrogen-bond acceptors (Lipinski definition) is 1. The second-order valence-electron chi connectivity index (χ2n) is 12.1. The Morgan fingerprint density at radius 3 is 1.59 bits per heavy atom. The first-order valence-electron chi connectivity index (χ1n) is 15.8. The molecule has 0 N–H and O–H groups in total. The van der Waals surface area contributed by atoms with Crippen molar-refractivity contribution in [3.05, 3.63) is 169 Å². The molecule has 0 fully saturated rings. The highest BCUT2D eigenvalue weighted by Crippen LogP contribution is 2.44. The van der Waals surface area contributed by atoms with Gasteiger partial charge in [-0.3, -0.25) is 4.57 Å². The minimum atomic E-state index is 0.946. The highest BCUT2D eigenvalue weighted by atomic mass is 15.1. The Bertz CT molecular complexity index is 2520. The van der Waals surface area contributed by atoms with Crippen LogP contribution in [0.15, 0.2) is 164 Å². The van der Waals surface area contributed by atoms with Gasteiger partial charge in [-0.25, -0.2) is 4.98 Å². The number of benzene rings is 8. The van der Waals surface area contributed by atoms with Gasteiger partial charge in [-0.05, 0) is 97.9 Å². The third kappa shape index (κ3) is 4.22. The molecule has 0 saturated carbocycles. The number of fused-ring (bicyclic) bond motifs is 4. The number of aromatic nitrogens is 2. The second kappa shape index (κ2) is 10.6. The van der Waals surface area contributed by atoms with Gasteiger partial charge in [0.05, 0.1) is 11.0 Å². The molecule has 46 heavy (non-hydrogen) atoms. The van der Waals surface area contributed by atoms with Crippen LogP contribution in [0.25, 0.3) is 82.7 Å². The largest absolute Gasteiger partial charge is 0.292 e. The van der Waals surface area contributed by atoms with E-state index >= 15 is 0 Å².